The van der Waals surface area contributed by atoms with Crippen LogP contribution in [-0.2, 0) is 13.0 Å². The summed E-state index contributed by atoms with van der Waals surface area (Å²) in [5.74, 6) is 1.42. The number of methoxy groups -OCH3 is 1. The maximum absolute atomic E-state index is 12.9. The number of fused-ring (bicyclic) bond motifs is 5. The largest absolute Gasteiger partial charge is 0.493 e. The van der Waals surface area contributed by atoms with Crippen molar-refractivity contribution in [2.75, 3.05) is 13.9 Å². The molecule has 1 aromatic heterocycles. The predicted octanol–water partition coefficient (Wildman–Crippen LogP) is 4.22. The number of carbonyl (C=O) groups is 1. The van der Waals surface area contributed by atoms with Crippen LogP contribution in [-0.4, -0.2) is 24.8 Å². The number of carbonyl (C=O) groups excluding carboxylic acids is 1. The SMILES string of the molecule is COc1ccc2cc3[n+](cc2c1OC(=O)c1cccc([N+](=O)[O-])c1)CCc1cc2c(cc1-3)OCO2. The molecule has 3 aromatic carbocycles. The molecule has 9 nitrogen and oxygen atoms in total. The molecule has 0 fully saturated rings. The molecule has 3 heterocycles. The molecule has 0 saturated carbocycles. The number of hydrogen-bond acceptors (Lipinski definition) is 7. The van der Waals surface area contributed by atoms with Gasteiger partial charge >= 0.3 is 5.97 Å². The van der Waals surface area contributed by atoms with Crippen LogP contribution in [0.25, 0.3) is 22.0 Å². The molecule has 0 amide bonds. The van der Waals surface area contributed by atoms with Crippen molar-refractivity contribution in [3.05, 3.63) is 82.0 Å². The van der Waals surface area contributed by atoms with E-state index in [1.165, 1.54) is 36.9 Å². The van der Waals surface area contributed by atoms with Gasteiger partial charge in [0, 0.05) is 24.6 Å². The summed E-state index contributed by atoms with van der Waals surface area (Å²) >= 11 is 0. The third kappa shape index (κ3) is 3.48. The zero-order chi connectivity index (χ0) is 24.1. The summed E-state index contributed by atoms with van der Waals surface area (Å²) in [6.45, 7) is 0.947. The molecule has 0 unspecified atom stereocenters. The Bertz CT molecular complexity index is 1550. The van der Waals surface area contributed by atoms with Gasteiger partial charge < -0.3 is 18.9 Å². The van der Waals surface area contributed by atoms with Crippen molar-refractivity contribution in [2.45, 2.75) is 13.0 Å². The van der Waals surface area contributed by atoms with Crippen molar-refractivity contribution in [1.29, 1.82) is 0 Å². The number of rotatable bonds is 4. The lowest BCUT2D eigenvalue weighted by molar-refractivity contribution is -0.686. The zero-order valence-corrected chi connectivity index (χ0v) is 18.6. The molecule has 4 aromatic rings. The van der Waals surface area contributed by atoms with E-state index in [1.807, 2.05) is 30.5 Å². The number of esters is 1. The third-order valence-electron chi connectivity index (χ3n) is 6.28. The summed E-state index contributed by atoms with van der Waals surface area (Å²) in [5.41, 5.74) is 3.15. The van der Waals surface area contributed by atoms with Crippen LogP contribution in [0.15, 0.2) is 60.8 Å². The Hall–Kier alpha value is -4.66. The van der Waals surface area contributed by atoms with Crippen LogP contribution in [0.1, 0.15) is 15.9 Å². The van der Waals surface area contributed by atoms with Gasteiger partial charge in [-0.3, -0.25) is 10.1 Å². The number of ether oxygens (including phenoxy) is 4. The first-order valence-electron chi connectivity index (χ1n) is 11.0. The van der Waals surface area contributed by atoms with Crippen molar-refractivity contribution in [1.82, 2.24) is 0 Å². The lowest BCUT2D eigenvalue weighted by Crippen LogP contribution is -2.40. The maximum Gasteiger partial charge on any atom is 0.343 e. The topological polar surface area (TPSA) is 101 Å². The summed E-state index contributed by atoms with van der Waals surface area (Å²) in [6, 6.07) is 15.2. The smallest absolute Gasteiger partial charge is 0.343 e. The predicted molar refractivity (Wildman–Crippen MR) is 124 cm³/mol. The van der Waals surface area contributed by atoms with Crippen LogP contribution in [0, 0.1) is 10.1 Å². The second kappa shape index (κ2) is 7.98. The molecule has 0 saturated heterocycles. The van der Waals surface area contributed by atoms with E-state index in [1.54, 1.807) is 6.07 Å². The molecule has 35 heavy (non-hydrogen) atoms. The average molecular weight is 471 g/mol. The Kier molecular flexibility index (Phi) is 4.77. The van der Waals surface area contributed by atoms with Crippen LogP contribution in [0.3, 0.4) is 0 Å². The second-order valence-corrected chi connectivity index (χ2v) is 8.26. The van der Waals surface area contributed by atoms with E-state index in [-0.39, 0.29) is 23.8 Å². The van der Waals surface area contributed by atoms with E-state index in [0.717, 1.165) is 41.1 Å². The van der Waals surface area contributed by atoms with Crippen LogP contribution >= 0.6 is 0 Å². The molecular weight excluding hydrogens is 452 g/mol. The second-order valence-electron chi connectivity index (χ2n) is 8.26. The van der Waals surface area contributed by atoms with Gasteiger partial charge in [0.15, 0.2) is 35.7 Å². The highest BCUT2D eigenvalue weighted by atomic mass is 16.7. The monoisotopic (exact) mass is 471 g/mol. The molecule has 2 aliphatic rings. The highest BCUT2D eigenvalue weighted by Gasteiger charge is 2.29. The van der Waals surface area contributed by atoms with E-state index in [9.17, 15) is 14.9 Å². The van der Waals surface area contributed by atoms with E-state index in [2.05, 4.69) is 4.57 Å². The molecule has 0 bridgehead atoms. The van der Waals surface area contributed by atoms with Crippen LogP contribution in [0.4, 0.5) is 5.69 Å². The number of aromatic nitrogens is 1. The van der Waals surface area contributed by atoms with Crippen molar-refractivity contribution >= 4 is 22.4 Å². The molecule has 0 radical (unpaired) electrons. The van der Waals surface area contributed by atoms with Crippen molar-refractivity contribution < 1.29 is 33.2 Å². The van der Waals surface area contributed by atoms with Gasteiger partial charge in [-0.1, -0.05) is 6.07 Å². The molecule has 0 atom stereocenters. The standard InChI is InChI=1S/C26H19N2O7/c1-32-22-6-5-15-10-21-19-12-24-23(33-14-34-24)11-16(19)7-8-27(21)13-20(15)25(22)35-26(29)17-3-2-4-18(9-17)28(30)31/h2-6,9-13H,7-8,14H2,1H3/q+1. The minimum atomic E-state index is -0.708. The average Bonchev–Trinajstić information content (AvgIpc) is 3.34. The van der Waals surface area contributed by atoms with Gasteiger partial charge in [0.25, 0.3) is 5.69 Å². The van der Waals surface area contributed by atoms with Gasteiger partial charge in [-0.05, 0) is 41.3 Å². The number of non-ortho nitro benzene ring substituents is 1. The van der Waals surface area contributed by atoms with Gasteiger partial charge in [-0.25, -0.2) is 4.79 Å². The van der Waals surface area contributed by atoms with Crippen LogP contribution in [0.5, 0.6) is 23.0 Å². The quantitative estimate of drug-likeness (QED) is 0.144. The fraction of sp³-hybridized carbons (Fsp3) is 0.154. The number of nitro benzene ring substituents is 1. The lowest BCUT2D eigenvalue weighted by Gasteiger charge is -2.17. The van der Waals surface area contributed by atoms with Gasteiger partial charge in [0.2, 0.25) is 12.5 Å². The van der Waals surface area contributed by atoms with E-state index in [4.69, 9.17) is 18.9 Å². The number of benzene rings is 3. The summed E-state index contributed by atoms with van der Waals surface area (Å²) in [4.78, 5) is 23.5. The Morgan fingerprint density at radius 3 is 2.71 bits per heavy atom. The number of pyridine rings is 1. The number of aryl methyl sites for hydroxylation is 2. The summed E-state index contributed by atoms with van der Waals surface area (Å²) in [7, 11) is 1.50. The molecule has 174 valence electrons. The highest BCUT2D eigenvalue weighted by Crippen LogP contribution is 2.41. The number of nitrogens with zero attached hydrogens (tertiary/aromatic N) is 2. The first kappa shape index (κ1) is 20.9. The minimum absolute atomic E-state index is 0.0777. The summed E-state index contributed by atoms with van der Waals surface area (Å²) in [6.07, 6.45) is 2.75. The van der Waals surface area contributed by atoms with Crippen molar-refractivity contribution in [2.24, 2.45) is 0 Å². The first-order valence-corrected chi connectivity index (χ1v) is 11.0. The first-order chi connectivity index (χ1) is 17.0. The Morgan fingerprint density at radius 1 is 1.09 bits per heavy atom. The van der Waals surface area contributed by atoms with Crippen molar-refractivity contribution in [3.8, 4) is 34.3 Å². The summed E-state index contributed by atoms with van der Waals surface area (Å²) in [5, 5.41) is 12.7. The van der Waals surface area contributed by atoms with Gasteiger partial charge in [-0.2, -0.15) is 4.57 Å². The van der Waals surface area contributed by atoms with Crippen LogP contribution in [0.2, 0.25) is 0 Å². The van der Waals surface area contributed by atoms with E-state index in [0.29, 0.717) is 11.1 Å². The molecule has 9 heteroatoms. The van der Waals surface area contributed by atoms with Gasteiger partial charge in [0.1, 0.15) is 0 Å². The fourth-order valence-corrected chi connectivity index (χ4v) is 4.56. The van der Waals surface area contributed by atoms with Gasteiger partial charge in [0.05, 0.1) is 28.5 Å². The van der Waals surface area contributed by atoms with Crippen LogP contribution < -0.4 is 23.5 Å². The third-order valence-corrected chi connectivity index (χ3v) is 6.28. The molecule has 0 N–H and O–H groups in total. The fourth-order valence-electron chi connectivity index (χ4n) is 4.56. The Balaban J connectivity index is 1.44. The number of nitro groups is 1. The Morgan fingerprint density at radius 2 is 1.91 bits per heavy atom. The highest BCUT2D eigenvalue weighted by molar-refractivity contribution is 5.97. The lowest BCUT2D eigenvalue weighted by atomic mass is 9.95. The van der Waals surface area contributed by atoms with Gasteiger partial charge in [-0.15, -0.1) is 0 Å². The molecule has 0 spiro atoms. The zero-order valence-electron chi connectivity index (χ0n) is 18.6. The normalized spacial score (nSPS) is 13.2. The minimum Gasteiger partial charge on any atom is -0.493 e. The Labute approximate surface area is 199 Å². The van der Waals surface area contributed by atoms with Crippen molar-refractivity contribution in [3.63, 3.8) is 0 Å². The molecule has 6 rings (SSSR count). The van der Waals surface area contributed by atoms with E-state index < -0.39 is 10.9 Å². The summed E-state index contributed by atoms with van der Waals surface area (Å²) < 4.78 is 24.4. The molecule has 2 aliphatic heterocycles. The molecule has 0 aliphatic carbocycles. The number of hydrogen-bond donors (Lipinski definition) is 0. The molecular formula is C26H19N2O7+. The maximum atomic E-state index is 12.9. The van der Waals surface area contributed by atoms with E-state index >= 15 is 0 Å².